The lowest BCUT2D eigenvalue weighted by Gasteiger charge is -2.21. The quantitative estimate of drug-likeness (QED) is 0.159. The molecule has 6 nitrogen and oxygen atoms in total. The summed E-state index contributed by atoms with van der Waals surface area (Å²) in [5.74, 6) is -0.511. The number of nitrogens with zero attached hydrogens (tertiary/aromatic N) is 2. The van der Waals surface area contributed by atoms with Crippen molar-refractivity contribution < 1.29 is 27.5 Å². The zero-order chi connectivity index (χ0) is 32.1. The minimum absolute atomic E-state index is 0.0102. The number of fused-ring (bicyclic) bond motifs is 1. The van der Waals surface area contributed by atoms with E-state index >= 15 is 0 Å². The molecule has 4 aromatic carbocycles. The third-order valence-electron chi connectivity index (χ3n) is 6.75. The first-order chi connectivity index (χ1) is 21.5. The molecule has 1 aromatic heterocycles. The number of thiazole rings is 1. The van der Waals surface area contributed by atoms with Crippen molar-refractivity contribution in [2.45, 2.75) is 12.8 Å². The third kappa shape index (κ3) is 7.65. The van der Waals surface area contributed by atoms with Gasteiger partial charge in [-0.15, -0.1) is 11.3 Å². The van der Waals surface area contributed by atoms with Gasteiger partial charge in [-0.3, -0.25) is 9.59 Å². The number of alkyl halides is 3. The van der Waals surface area contributed by atoms with Crippen LogP contribution >= 0.6 is 34.5 Å². The molecular formula is C33H24Cl2F3N3O3S. The lowest BCUT2D eigenvalue weighted by Crippen LogP contribution is -2.37. The fourth-order valence-corrected chi connectivity index (χ4v) is 5.90. The number of likely N-dealkylation sites (N-methyl/N-ethyl adjacent to an activating group) is 1. The Morgan fingerprint density at radius 1 is 0.978 bits per heavy atom. The van der Waals surface area contributed by atoms with Crippen LogP contribution < -0.4 is 15.0 Å². The largest absolute Gasteiger partial charge is 0.486 e. The average Bonchev–Trinajstić information content (AvgIpc) is 3.48. The molecule has 5 aromatic rings. The predicted octanol–water partition coefficient (Wildman–Crippen LogP) is 8.66. The van der Waals surface area contributed by atoms with Crippen LogP contribution in [0.2, 0.25) is 10.0 Å². The number of hydrogen-bond acceptors (Lipinski definition) is 5. The summed E-state index contributed by atoms with van der Waals surface area (Å²) in [7, 11) is 1.51. The lowest BCUT2D eigenvalue weighted by atomic mass is 10.1. The van der Waals surface area contributed by atoms with Crippen molar-refractivity contribution in [2.24, 2.45) is 0 Å². The zero-order valence-electron chi connectivity index (χ0n) is 23.6. The van der Waals surface area contributed by atoms with Gasteiger partial charge >= 0.3 is 6.18 Å². The van der Waals surface area contributed by atoms with Crippen LogP contribution in [0.25, 0.3) is 26.9 Å². The summed E-state index contributed by atoms with van der Waals surface area (Å²) >= 11 is 14.7. The van der Waals surface area contributed by atoms with Crippen LogP contribution in [0, 0.1) is 0 Å². The number of carbonyl (C=O) groups excluding carboxylic acids is 2. The molecule has 45 heavy (non-hydrogen) atoms. The lowest BCUT2D eigenvalue weighted by molar-refractivity contribution is -0.137. The normalized spacial score (nSPS) is 11.6. The van der Waals surface area contributed by atoms with Gasteiger partial charge < -0.3 is 15.0 Å². The highest BCUT2D eigenvalue weighted by atomic mass is 35.5. The van der Waals surface area contributed by atoms with E-state index < -0.39 is 23.6 Å². The Hall–Kier alpha value is -4.38. The first kappa shape index (κ1) is 32.0. The van der Waals surface area contributed by atoms with E-state index in [0.717, 1.165) is 33.5 Å². The zero-order valence-corrected chi connectivity index (χ0v) is 25.9. The minimum atomic E-state index is -4.45. The number of benzene rings is 4. The number of para-hydroxylation sites is 1. The molecule has 0 atom stereocenters. The molecule has 2 amide bonds. The highest BCUT2D eigenvalue weighted by Gasteiger charge is 2.29. The maximum Gasteiger partial charge on any atom is 0.416 e. The molecule has 5 rings (SSSR count). The van der Waals surface area contributed by atoms with E-state index in [1.165, 1.54) is 30.2 Å². The van der Waals surface area contributed by atoms with Gasteiger partial charge in [0.25, 0.3) is 0 Å². The van der Waals surface area contributed by atoms with Gasteiger partial charge in [-0.05, 0) is 48.0 Å². The molecule has 0 aliphatic heterocycles. The standard InChI is InChI=1S/C33H24Cl2F3N3O3S/c1-41(29(43)18-39-28(42)17-12-20-10-13-22(14-11-20)33(36,37)38)25-16-15-24(34)23(30(25)35)19-44-26-8-5-9-27-31(26)40-32(45-27)21-6-3-2-4-7-21/h2-17H,18-19H2,1H3,(H,39,42). The highest BCUT2D eigenvalue weighted by Crippen LogP contribution is 2.37. The van der Waals surface area contributed by atoms with Gasteiger partial charge in [0.2, 0.25) is 11.8 Å². The van der Waals surface area contributed by atoms with Crippen molar-refractivity contribution >= 4 is 68.3 Å². The van der Waals surface area contributed by atoms with Crippen LogP contribution in [-0.4, -0.2) is 30.4 Å². The fraction of sp³-hybridized carbons (Fsp3) is 0.121. The van der Waals surface area contributed by atoms with Gasteiger partial charge in [0.05, 0.1) is 27.5 Å². The van der Waals surface area contributed by atoms with Crippen LogP contribution in [0.4, 0.5) is 18.9 Å². The molecule has 0 spiro atoms. The number of halogens is 5. The van der Waals surface area contributed by atoms with E-state index in [1.54, 1.807) is 23.5 Å². The molecule has 0 fully saturated rings. The number of aromatic nitrogens is 1. The topological polar surface area (TPSA) is 71.5 Å². The van der Waals surface area contributed by atoms with Crippen LogP contribution in [0.1, 0.15) is 16.7 Å². The maximum absolute atomic E-state index is 12.9. The van der Waals surface area contributed by atoms with Gasteiger partial charge in [-0.2, -0.15) is 13.2 Å². The number of carbonyl (C=O) groups is 2. The van der Waals surface area contributed by atoms with Crippen LogP contribution in [0.3, 0.4) is 0 Å². The van der Waals surface area contributed by atoms with E-state index in [0.29, 0.717) is 33.1 Å². The maximum atomic E-state index is 12.9. The monoisotopic (exact) mass is 669 g/mol. The molecule has 0 saturated heterocycles. The molecule has 1 N–H and O–H groups in total. The molecule has 1 heterocycles. The van der Waals surface area contributed by atoms with Crippen molar-refractivity contribution in [1.29, 1.82) is 0 Å². The molecule has 0 aliphatic carbocycles. The van der Waals surface area contributed by atoms with E-state index in [4.69, 9.17) is 32.9 Å². The molecule has 0 unspecified atom stereocenters. The smallest absolute Gasteiger partial charge is 0.416 e. The van der Waals surface area contributed by atoms with Gasteiger partial charge in [-0.25, -0.2) is 4.98 Å². The highest BCUT2D eigenvalue weighted by molar-refractivity contribution is 7.21. The van der Waals surface area contributed by atoms with E-state index in [2.05, 4.69) is 5.32 Å². The third-order valence-corrected chi connectivity index (χ3v) is 8.60. The molecule has 0 bridgehead atoms. The Balaban J connectivity index is 1.23. The minimum Gasteiger partial charge on any atom is -0.486 e. The van der Waals surface area contributed by atoms with Gasteiger partial charge in [0.1, 0.15) is 22.9 Å². The summed E-state index contributed by atoms with van der Waals surface area (Å²) in [5.41, 5.74) is 2.14. The van der Waals surface area contributed by atoms with Crippen molar-refractivity contribution in [3.05, 3.63) is 118 Å². The van der Waals surface area contributed by atoms with E-state index in [1.807, 2.05) is 48.5 Å². The second-order valence-electron chi connectivity index (χ2n) is 9.76. The summed E-state index contributed by atoms with van der Waals surface area (Å²) in [6, 6.07) is 23.0. The summed E-state index contributed by atoms with van der Waals surface area (Å²) in [5, 5.41) is 3.89. The van der Waals surface area contributed by atoms with Crippen LogP contribution in [0.5, 0.6) is 5.75 Å². The average molecular weight is 671 g/mol. The number of hydrogen-bond donors (Lipinski definition) is 1. The first-order valence-corrected chi connectivity index (χ1v) is 15.0. The van der Waals surface area contributed by atoms with Crippen molar-refractivity contribution in [2.75, 3.05) is 18.5 Å². The molecule has 0 radical (unpaired) electrons. The summed E-state index contributed by atoms with van der Waals surface area (Å²) in [4.78, 5) is 31.2. The Bertz CT molecular complexity index is 1880. The number of nitrogens with one attached hydrogen (secondary N) is 1. The Labute approximate surface area is 270 Å². The Kier molecular flexibility index (Phi) is 9.77. The van der Waals surface area contributed by atoms with Gasteiger partial charge in [0.15, 0.2) is 0 Å². The van der Waals surface area contributed by atoms with E-state index in [9.17, 15) is 22.8 Å². The second-order valence-corrected chi connectivity index (χ2v) is 11.6. The molecule has 0 aliphatic rings. The molecular weight excluding hydrogens is 646 g/mol. The molecule has 12 heteroatoms. The summed E-state index contributed by atoms with van der Waals surface area (Å²) < 4.78 is 45.3. The Morgan fingerprint density at radius 2 is 1.71 bits per heavy atom. The van der Waals surface area contributed by atoms with Crippen LogP contribution in [-0.2, 0) is 22.4 Å². The van der Waals surface area contributed by atoms with Gasteiger partial charge in [-0.1, -0.05) is 71.7 Å². The fourth-order valence-electron chi connectivity index (χ4n) is 4.30. The van der Waals surface area contributed by atoms with Crippen molar-refractivity contribution in [1.82, 2.24) is 10.3 Å². The van der Waals surface area contributed by atoms with Crippen molar-refractivity contribution in [3.63, 3.8) is 0 Å². The molecule has 230 valence electrons. The number of amides is 2. The second kappa shape index (κ2) is 13.7. The number of ether oxygens (including phenoxy) is 1. The number of anilines is 1. The first-order valence-electron chi connectivity index (χ1n) is 13.5. The Morgan fingerprint density at radius 3 is 2.42 bits per heavy atom. The van der Waals surface area contributed by atoms with Crippen LogP contribution in [0.15, 0.2) is 91.0 Å². The summed E-state index contributed by atoms with van der Waals surface area (Å²) in [6.07, 6.45) is -1.97. The predicted molar refractivity (Wildman–Crippen MR) is 173 cm³/mol. The van der Waals surface area contributed by atoms with E-state index in [-0.39, 0.29) is 18.2 Å². The summed E-state index contributed by atoms with van der Waals surface area (Å²) in [6.45, 7) is -0.344. The molecule has 0 saturated carbocycles. The SMILES string of the molecule is CN(C(=O)CNC(=O)C=Cc1ccc(C(F)(F)F)cc1)c1ccc(Cl)c(COc2cccc3sc(-c4ccccc4)nc23)c1Cl. The van der Waals surface area contributed by atoms with Gasteiger partial charge in [0, 0.05) is 29.3 Å². The number of rotatable bonds is 9. The van der Waals surface area contributed by atoms with Crippen molar-refractivity contribution in [3.8, 4) is 16.3 Å².